The van der Waals surface area contributed by atoms with Crippen molar-refractivity contribution in [2.45, 2.75) is 63.5 Å². The van der Waals surface area contributed by atoms with Crippen LogP contribution in [0.4, 0.5) is 5.82 Å². The highest BCUT2D eigenvalue weighted by Crippen LogP contribution is 2.34. The van der Waals surface area contributed by atoms with Crippen LogP contribution in [-0.2, 0) is 9.59 Å². The van der Waals surface area contributed by atoms with E-state index in [2.05, 4.69) is 16.9 Å². The van der Waals surface area contributed by atoms with Gasteiger partial charge in [0.05, 0.1) is 12.1 Å². The van der Waals surface area contributed by atoms with Crippen molar-refractivity contribution in [2.75, 3.05) is 11.9 Å². The number of aromatic amines is 1. The van der Waals surface area contributed by atoms with Gasteiger partial charge < -0.3 is 15.4 Å². The number of nitrogens with one attached hydrogen (secondary N) is 2. The van der Waals surface area contributed by atoms with Crippen molar-refractivity contribution >= 4 is 52.2 Å². The van der Waals surface area contributed by atoms with E-state index in [-0.39, 0.29) is 18.7 Å². The second-order valence-corrected chi connectivity index (χ2v) is 10.0. The molecule has 3 rings (SSSR count). The summed E-state index contributed by atoms with van der Waals surface area (Å²) in [6.07, 6.45) is 6.66. The van der Waals surface area contributed by atoms with Gasteiger partial charge >= 0.3 is 0 Å². The van der Waals surface area contributed by atoms with Gasteiger partial charge in [0.1, 0.15) is 5.82 Å². The molecule has 1 saturated carbocycles. The smallest absolute Gasteiger partial charge is 0.223 e. The maximum absolute atomic E-state index is 12.4. The van der Waals surface area contributed by atoms with Crippen molar-refractivity contribution in [1.82, 2.24) is 10.3 Å². The van der Waals surface area contributed by atoms with Gasteiger partial charge in [-0.25, -0.2) is 0 Å². The van der Waals surface area contributed by atoms with Crippen molar-refractivity contribution in [3.63, 3.8) is 0 Å². The molecule has 8 heteroatoms. The molecule has 0 unspecified atom stereocenters. The predicted molar refractivity (Wildman–Crippen MR) is 135 cm³/mol. The fourth-order valence-corrected chi connectivity index (χ4v) is 5.33. The number of aliphatic hydroxyl groups is 1. The summed E-state index contributed by atoms with van der Waals surface area (Å²) in [6.45, 7) is 3.71. The number of halogens is 2. The Morgan fingerprint density at radius 3 is 2.70 bits per heavy atom. The molecule has 6 nitrogen and oxygen atoms in total. The Hall–Kier alpha value is -2.02. The Morgan fingerprint density at radius 2 is 2.06 bits per heavy atom. The first-order chi connectivity index (χ1) is 15.8. The Kier molecular flexibility index (Phi) is 9.24. The molecule has 0 bridgehead atoms. The summed E-state index contributed by atoms with van der Waals surface area (Å²) in [7, 11) is 1.56. The zero-order chi connectivity index (χ0) is 24.0. The van der Waals surface area contributed by atoms with Gasteiger partial charge in [-0.2, -0.15) is 0 Å². The van der Waals surface area contributed by atoms with Gasteiger partial charge in [-0.15, -0.1) is 0 Å². The molecular formula is C25H33Cl2N3O3. The summed E-state index contributed by atoms with van der Waals surface area (Å²) in [5, 5.41) is 15.9. The number of carbonyl (C=O) groups is 2. The number of hydrogen-bond acceptors (Lipinski definition) is 3. The van der Waals surface area contributed by atoms with Crippen LogP contribution in [0.2, 0.25) is 5.02 Å². The number of amides is 2. The normalized spacial score (nSPS) is 17.3. The van der Waals surface area contributed by atoms with Gasteiger partial charge in [0.2, 0.25) is 12.3 Å². The summed E-state index contributed by atoms with van der Waals surface area (Å²) in [5.41, 5.74) is 0.855. The molecule has 1 aromatic carbocycles. The number of aromatic nitrogens is 1. The molecule has 1 aliphatic carbocycles. The molecule has 1 aliphatic rings. The monoisotopic (exact) mass is 493 g/mol. The van der Waals surface area contributed by atoms with Crippen LogP contribution in [0.5, 0.6) is 0 Å². The van der Waals surface area contributed by atoms with E-state index in [0.29, 0.717) is 28.2 Å². The second kappa shape index (κ2) is 11.9. The zero-order valence-corrected chi connectivity index (χ0v) is 20.5. The first-order valence-corrected chi connectivity index (χ1v) is 12.3. The molecule has 1 aromatic heterocycles. The number of anilines is 1. The standard InChI is InChI=1S/C25H33Cl2N3O3/c1-16(26)10-19(25(33)28-2)13-23(32)22(11-17-6-4-3-5-7-17)30(15-31)24-14-18-12-20(27)8-9-21(18)29-24/h8-9,12,14-15,17,19,22-23,29,32H,1,3-7,10-11,13H2,2H3,(H,28,33)/t19-,22-,23-/m0/s1. The summed E-state index contributed by atoms with van der Waals surface area (Å²) in [4.78, 5) is 29.6. The van der Waals surface area contributed by atoms with Crippen LogP contribution < -0.4 is 10.2 Å². The Morgan fingerprint density at radius 1 is 1.33 bits per heavy atom. The average Bonchev–Trinajstić information content (AvgIpc) is 3.21. The van der Waals surface area contributed by atoms with Crippen LogP contribution in [0.25, 0.3) is 10.9 Å². The van der Waals surface area contributed by atoms with Crippen molar-refractivity contribution in [3.8, 4) is 0 Å². The molecular weight excluding hydrogens is 461 g/mol. The fraction of sp³-hybridized carbons (Fsp3) is 0.520. The van der Waals surface area contributed by atoms with Crippen LogP contribution >= 0.6 is 23.2 Å². The lowest BCUT2D eigenvalue weighted by atomic mass is 9.81. The maximum atomic E-state index is 12.4. The van der Waals surface area contributed by atoms with Crippen LogP contribution in [0.15, 0.2) is 35.9 Å². The van der Waals surface area contributed by atoms with E-state index in [9.17, 15) is 14.7 Å². The van der Waals surface area contributed by atoms with Gasteiger partial charge in [0, 0.05) is 33.9 Å². The first-order valence-electron chi connectivity index (χ1n) is 11.6. The minimum absolute atomic E-state index is 0.180. The van der Waals surface area contributed by atoms with E-state index in [1.807, 2.05) is 18.2 Å². The van der Waals surface area contributed by atoms with Gasteiger partial charge in [-0.1, -0.05) is 61.9 Å². The highest BCUT2D eigenvalue weighted by Gasteiger charge is 2.34. The lowest BCUT2D eigenvalue weighted by Crippen LogP contribution is -2.46. The van der Waals surface area contributed by atoms with Gasteiger partial charge in [0.25, 0.3) is 0 Å². The summed E-state index contributed by atoms with van der Waals surface area (Å²) < 4.78 is 0. The number of rotatable bonds is 11. The minimum atomic E-state index is -0.912. The molecule has 0 radical (unpaired) electrons. The summed E-state index contributed by atoms with van der Waals surface area (Å²) >= 11 is 12.1. The van der Waals surface area contributed by atoms with Gasteiger partial charge in [0.15, 0.2) is 0 Å². The van der Waals surface area contributed by atoms with Crippen LogP contribution in [0.1, 0.15) is 51.4 Å². The van der Waals surface area contributed by atoms with Crippen LogP contribution in [0.3, 0.4) is 0 Å². The molecule has 33 heavy (non-hydrogen) atoms. The predicted octanol–water partition coefficient (Wildman–Crippen LogP) is 5.38. The molecule has 2 amide bonds. The molecule has 0 spiro atoms. The number of allylic oxidation sites excluding steroid dienone is 1. The van der Waals surface area contributed by atoms with E-state index in [1.54, 1.807) is 18.0 Å². The number of fused-ring (bicyclic) bond motifs is 1. The molecule has 2 aromatic rings. The lowest BCUT2D eigenvalue weighted by molar-refractivity contribution is -0.125. The number of benzene rings is 1. The minimum Gasteiger partial charge on any atom is -0.391 e. The van der Waals surface area contributed by atoms with E-state index < -0.39 is 18.1 Å². The maximum Gasteiger partial charge on any atom is 0.223 e. The van der Waals surface area contributed by atoms with Gasteiger partial charge in [-0.3, -0.25) is 14.5 Å². The molecule has 3 atom stereocenters. The van der Waals surface area contributed by atoms with E-state index >= 15 is 0 Å². The highest BCUT2D eigenvalue weighted by molar-refractivity contribution is 6.31. The third-order valence-electron chi connectivity index (χ3n) is 6.67. The van der Waals surface area contributed by atoms with E-state index in [1.165, 1.54) is 6.42 Å². The third kappa shape index (κ3) is 6.75. The number of carbonyl (C=O) groups excluding carboxylic acids is 2. The number of H-pyrrole nitrogens is 1. The number of aliphatic hydroxyl groups excluding tert-OH is 1. The Balaban J connectivity index is 1.90. The van der Waals surface area contributed by atoms with Crippen LogP contribution in [0, 0.1) is 11.8 Å². The molecule has 3 N–H and O–H groups in total. The van der Waals surface area contributed by atoms with Crippen molar-refractivity contribution < 1.29 is 14.7 Å². The van der Waals surface area contributed by atoms with Crippen molar-refractivity contribution in [1.29, 1.82) is 0 Å². The lowest BCUT2D eigenvalue weighted by Gasteiger charge is -2.36. The highest BCUT2D eigenvalue weighted by atomic mass is 35.5. The van der Waals surface area contributed by atoms with Crippen molar-refractivity contribution in [3.05, 3.63) is 40.9 Å². The Labute approximate surface area is 205 Å². The average molecular weight is 494 g/mol. The third-order valence-corrected chi connectivity index (χ3v) is 7.06. The molecule has 180 valence electrons. The summed E-state index contributed by atoms with van der Waals surface area (Å²) in [6, 6.07) is 6.87. The molecule has 1 fully saturated rings. The zero-order valence-electron chi connectivity index (χ0n) is 19.0. The summed E-state index contributed by atoms with van der Waals surface area (Å²) in [5.74, 6) is 0.283. The SMILES string of the molecule is C=C(Cl)C[C@@H](C[C@H](O)[C@H](CC1CCCCC1)N(C=O)c1cc2cc(Cl)ccc2[nH]1)C(=O)NC. The van der Waals surface area contributed by atoms with Crippen LogP contribution in [-0.4, -0.2) is 41.6 Å². The molecule has 1 heterocycles. The van der Waals surface area contributed by atoms with Crippen molar-refractivity contribution in [2.24, 2.45) is 11.8 Å². The quantitative estimate of drug-likeness (QED) is 0.367. The van der Waals surface area contributed by atoms with E-state index in [4.69, 9.17) is 23.2 Å². The first kappa shape index (κ1) is 25.6. The number of hydrogen-bond donors (Lipinski definition) is 3. The molecule has 0 saturated heterocycles. The fourth-order valence-electron chi connectivity index (χ4n) is 4.96. The number of nitrogens with zero attached hydrogens (tertiary/aromatic N) is 1. The topological polar surface area (TPSA) is 85.4 Å². The second-order valence-electron chi connectivity index (χ2n) is 9.04. The van der Waals surface area contributed by atoms with Gasteiger partial charge in [-0.05, 0) is 49.4 Å². The molecule has 0 aliphatic heterocycles. The van der Waals surface area contributed by atoms with E-state index in [0.717, 1.165) is 43.0 Å². The largest absolute Gasteiger partial charge is 0.391 e. The Bertz CT molecular complexity index is 971.